The Labute approximate surface area is 155 Å². The maximum Gasteiger partial charge on any atom is 0.0249 e. The van der Waals surface area contributed by atoms with E-state index >= 15 is 0 Å². The van der Waals surface area contributed by atoms with Gasteiger partial charge in [0.2, 0.25) is 0 Å². The second kappa shape index (κ2) is 9.28. The number of hydrogen-bond donors (Lipinski definition) is 0. The van der Waals surface area contributed by atoms with Crippen LogP contribution in [0.5, 0.6) is 0 Å². The molecule has 0 atom stereocenters. The van der Waals surface area contributed by atoms with Crippen LogP contribution in [0.1, 0.15) is 88.7 Å². The molecule has 0 nitrogen and oxygen atoms in total. The van der Waals surface area contributed by atoms with Crippen LogP contribution in [-0.4, -0.2) is 0 Å². The van der Waals surface area contributed by atoms with Crippen molar-refractivity contribution >= 4 is 0 Å². The summed E-state index contributed by atoms with van der Waals surface area (Å²) in [5.41, 5.74) is 2.67. The third-order valence-electron chi connectivity index (χ3n) is 6.53. The van der Waals surface area contributed by atoms with E-state index < -0.39 is 0 Å². The van der Waals surface area contributed by atoms with E-state index in [-0.39, 0.29) is 0 Å². The highest BCUT2D eigenvalue weighted by atomic mass is 14.3. The van der Waals surface area contributed by atoms with Gasteiger partial charge in [0.1, 0.15) is 0 Å². The molecule has 1 aromatic carbocycles. The van der Waals surface area contributed by atoms with Crippen molar-refractivity contribution in [1.29, 1.82) is 0 Å². The van der Waals surface area contributed by atoms with E-state index in [4.69, 9.17) is 0 Å². The molecule has 2 aliphatic carbocycles. The largest absolute Gasteiger partial charge is 0.0730 e. The van der Waals surface area contributed by atoms with Gasteiger partial charge in [-0.2, -0.15) is 0 Å². The summed E-state index contributed by atoms with van der Waals surface area (Å²) in [5.74, 6) is 9.97. The van der Waals surface area contributed by atoms with Gasteiger partial charge in [-0.3, -0.25) is 0 Å². The van der Waals surface area contributed by atoms with Crippen LogP contribution in [-0.2, 0) is 0 Å². The van der Waals surface area contributed by atoms with E-state index in [1.807, 2.05) is 0 Å². The molecular weight excluding hydrogens is 300 g/mol. The van der Waals surface area contributed by atoms with Gasteiger partial charge in [-0.1, -0.05) is 63.2 Å². The fourth-order valence-corrected chi connectivity index (χ4v) is 4.53. The summed E-state index contributed by atoms with van der Waals surface area (Å²) in [6, 6.07) is 9.05. The van der Waals surface area contributed by atoms with Crippen molar-refractivity contribution in [2.75, 3.05) is 0 Å². The average Bonchev–Trinajstić information content (AvgIpc) is 2.67. The van der Waals surface area contributed by atoms with E-state index in [0.29, 0.717) is 0 Å². The van der Waals surface area contributed by atoms with Crippen LogP contribution in [0.3, 0.4) is 0 Å². The van der Waals surface area contributed by atoms with Crippen LogP contribution in [0.15, 0.2) is 36.4 Å². The molecule has 0 unspecified atom stereocenters. The summed E-state index contributed by atoms with van der Waals surface area (Å²) in [6.45, 7) is 4.71. The molecule has 0 saturated heterocycles. The molecule has 0 radical (unpaired) electrons. The molecule has 2 saturated carbocycles. The summed E-state index contributed by atoms with van der Waals surface area (Å²) in [4.78, 5) is 0. The summed E-state index contributed by atoms with van der Waals surface area (Å²) in [5, 5.41) is 0. The Balaban J connectivity index is 1.50. The average molecular weight is 335 g/mol. The van der Waals surface area contributed by atoms with Gasteiger partial charge >= 0.3 is 0 Å². The van der Waals surface area contributed by atoms with Crippen LogP contribution in [0.25, 0.3) is 0 Å². The Morgan fingerprint density at radius 3 is 2.24 bits per heavy atom. The van der Waals surface area contributed by atoms with Gasteiger partial charge in [-0.15, -0.1) is 0 Å². The maximum atomic E-state index is 3.30. The number of rotatable bonds is 3. The lowest BCUT2D eigenvalue weighted by Gasteiger charge is -2.28. The zero-order valence-corrected chi connectivity index (χ0v) is 16.1. The molecule has 0 aromatic heterocycles. The maximum absolute atomic E-state index is 3.30. The molecule has 0 amide bonds. The minimum atomic E-state index is 0.756. The second-order valence-electron chi connectivity index (χ2n) is 8.40. The molecule has 0 aliphatic heterocycles. The molecule has 1 aromatic rings. The van der Waals surface area contributed by atoms with E-state index in [9.17, 15) is 0 Å². The first-order valence-electron chi connectivity index (χ1n) is 10.5. The fourth-order valence-electron chi connectivity index (χ4n) is 4.53. The van der Waals surface area contributed by atoms with Gasteiger partial charge < -0.3 is 0 Å². The lowest BCUT2D eigenvalue weighted by Crippen LogP contribution is -2.12. The van der Waals surface area contributed by atoms with Crippen LogP contribution in [0.2, 0.25) is 0 Å². The van der Waals surface area contributed by atoms with Crippen molar-refractivity contribution in [3.63, 3.8) is 0 Å². The van der Waals surface area contributed by atoms with E-state index in [1.165, 1.54) is 63.4 Å². The Kier molecular flexibility index (Phi) is 6.80. The normalized spacial score (nSPS) is 30.0. The van der Waals surface area contributed by atoms with Gasteiger partial charge in [-0.25, -0.2) is 0 Å². The lowest BCUT2D eigenvalue weighted by atomic mass is 9.78. The molecule has 25 heavy (non-hydrogen) atoms. The highest BCUT2D eigenvalue weighted by Crippen LogP contribution is 2.36. The quantitative estimate of drug-likeness (QED) is 0.517. The fraction of sp³-hybridized carbons (Fsp3) is 0.600. The van der Waals surface area contributed by atoms with Crippen molar-refractivity contribution in [3.8, 4) is 11.8 Å². The van der Waals surface area contributed by atoms with E-state index in [2.05, 4.69) is 62.1 Å². The minimum Gasteiger partial charge on any atom is -0.0730 e. The van der Waals surface area contributed by atoms with Crippen LogP contribution >= 0.6 is 0 Å². The van der Waals surface area contributed by atoms with Gasteiger partial charge in [0, 0.05) is 5.56 Å². The molecule has 0 bridgehead atoms. The molecule has 3 rings (SSSR count). The van der Waals surface area contributed by atoms with Crippen molar-refractivity contribution in [1.82, 2.24) is 0 Å². The molecule has 0 heteroatoms. The molecule has 2 aliphatic rings. The number of benzene rings is 1. The first-order valence-corrected chi connectivity index (χ1v) is 10.5. The summed E-state index contributed by atoms with van der Waals surface area (Å²) >= 11 is 0. The van der Waals surface area contributed by atoms with Gasteiger partial charge in [0.05, 0.1) is 0 Å². The first-order chi connectivity index (χ1) is 12.2. The molecule has 0 heterocycles. The summed E-state index contributed by atoms with van der Waals surface area (Å²) in [6.07, 6.45) is 16.8. The van der Waals surface area contributed by atoms with Crippen LogP contribution in [0.4, 0.5) is 0 Å². The standard InChI is InChI=1S/C25H34/c1-3-21-12-16-24(17-13-21)25-18-14-23(15-19-25)7-5-4-6-22-10-8-20(2)9-11-22/h4,6,14-15,18-22,24H,3,8-13,16-17H2,1-2H3. The summed E-state index contributed by atoms with van der Waals surface area (Å²) < 4.78 is 0. The molecule has 0 N–H and O–H groups in total. The van der Waals surface area contributed by atoms with E-state index in [0.717, 1.165) is 29.2 Å². The zero-order valence-electron chi connectivity index (χ0n) is 16.1. The molecule has 0 spiro atoms. The lowest BCUT2D eigenvalue weighted by molar-refractivity contribution is 0.319. The highest BCUT2D eigenvalue weighted by Gasteiger charge is 2.21. The monoisotopic (exact) mass is 334 g/mol. The Morgan fingerprint density at radius 1 is 0.920 bits per heavy atom. The number of allylic oxidation sites excluding steroid dienone is 2. The zero-order chi connectivity index (χ0) is 17.5. The van der Waals surface area contributed by atoms with Gasteiger partial charge in [-0.05, 0) is 86.0 Å². The van der Waals surface area contributed by atoms with Crippen LogP contribution in [0, 0.1) is 29.6 Å². The van der Waals surface area contributed by atoms with Crippen LogP contribution < -0.4 is 0 Å². The Hall–Kier alpha value is -1.48. The van der Waals surface area contributed by atoms with Crippen molar-refractivity contribution < 1.29 is 0 Å². The molecular formula is C25H34. The van der Waals surface area contributed by atoms with Crippen molar-refractivity contribution in [2.24, 2.45) is 17.8 Å². The van der Waals surface area contributed by atoms with Crippen molar-refractivity contribution in [2.45, 2.75) is 77.6 Å². The topological polar surface area (TPSA) is 0 Å². The smallest absolute Gasteiger partial charge is 0.0249 e. The minimum absolute atomic E-state index is 0.756. The SMILES string of the molecule is CCC1CCC(c2ccc(C#CC=CC3CCC(C)CC3)cc2)CC1. The molecule has 134 valence electrons. The summed E-state index contributed by atoms with van der Waals surface area (Å²) in [7, 11) is 0. The predicted molar refractivity (Wildman–Crippen MR) is 109 cm³/mol. The van der Waals surface area contributed by atoms with Crippen molar-refractivity contribution in [3.05, 3.63) is 47.5 Å². The predicted octanol–water partition coefficient (Wildman–Crippen LogP) is 7.10. The first kappa shape index (κ1) is 18.3. The molecule has 2 fully saturated rings. The van der Waals surface area contributed by atoms with Gasteiger partial charge in [0.25, 0.3) is 0 Å². The number of hydrogen-bond acceptors (Lipinski definition) is 0. The third-order valence-corrected chi connectivity index (χ3v) is 6.53. The van der Waals surface area contributed by atoms with E-state index in [1.54, 1.807) is 0 Å². The highest BCUT2D eigenvalue weighted by molar-refractivity contribution is 5.39. The Bertz CT molecular complexity index is 594. The second-order valence-corrected chi connectivity index (χ2v) is 8.40. The van der Waals surface area contributed by atoms with Gasteiger partial charge in [0.15, 0.2) is 0 Å². The Morgan fingerprint density at radius 2 is 1.60 bits per heavy atom. The third kappa shape index (κ3) is 5.50.